The molecule has 0 heterocycles. The lowest BCUT2D eigenvalue weighted by Gasteiger charge is -2.32. The highest BCUT2D eigenvalue weighted by Gasteiger charge is 2.45. The molecule has 0 radical (unpaired) electrons. The minimum Gasteiger partial charge on any atom is -0.506 e. The molecular formula is C16H15F3O4. The lowest BCUT2D eigenvalue weighted by atomic mass is 9.70. The molecule has 124 valence electrons. The first kappa shape index (κ1) is 17.1. The van der Waals surface area contributed by atoms with E-state index in [9.17, 15) is 27.9 Å². The largest absolute Gasteiger partial charge is 0.506 e. The summed E-state index contributed by atoms with van der Waals surface area (Å²) in [7, 11) is 0. The maximum Gasteiger partial charge on any atom is 0.416 e. The number of hydrogen-bond acceptors (Lipinski definition) is 4. The van der Waals surface area contributed by atoms with E-state index in [1.807, 2.05) is 0 Å². The second-order valence-corrected chi connectivity index (χ2v) is 5.66. The number of halogens is 3. The molecule has 7 heteroatoms. The molecule has 0 saturated heterocycles. The Balaban J connectivity index is 2.71. The van der Waals surface area contributed by atoms with E-state index in [-0.39, 0.29) is 17.7 Å². The smallest absolute Gasteiger partial charge is 0.416 e. The van der Waals surface area contributed by atoms with Crippen LogP contribution in [0.25, 0.3) is 5.76 Å². The maximum atomic E-state index is 12.9. The molecule has 0 atom stereocenters. The van der Waals surface area contributed by atoms with Gasteiger partial charge in [0.15, 0.2) is 5.78 Å². The van der Waals surface area contributed by atoms with E-state index in [0.29, 0.717) is 0 Å². The lowest BCUT2D eigenvalue weighted by Crippen LogP contribution is -2.38. The molecule has 0 unspecified atom stereocenters. The number of fused-ring (bicyclic) bond motifs is 1. The van der Waals surface area contributed by atoms with Crippen molar-refractivity contribution >= 4 is 17.5 Å². The normalized spacial score (nSPS) is 17.0. The van der Waals surface area contributed by atoms with Gasteiger partial charge in [-0.2, -0.15) is 13.2 Å². The first-order valence-electron chi connectivity index (χ1n) is 6.89. The van der Waals surface area contributed by atoms with Crippen molar-refractivity contribution in [2.45, 2.75) is 32.4 Å². The highest BCUT2D eigenvalue weighted by molar-refractivity contribution is 6.26. The lowest BCUT2D eigenvalue weighted by molar-refractivity contribution is -0.141. The van der Waals surface area contributed by atoms with Gasteiger partial charge < -0.3 is 9.84 Å². The zero-order chi connectivity index (χ0) is 17.6. The van der Waals surface area contributed by atoms with Crippen LogP contribution in [0.3, 0.4) is 0 Å². The number of ether oxygens (including phenoxy) is 1. The van der Waals surface area contributed by atoms with E-state index in [1.54, 1.807) is 0 Å². The highest BCUT2D eigenvalue weighted by atomic mass is 19.4. The number of esters is 1. The molecule has 1 N–H and O–H groups in total. The third kappa shape index (κ3) is 2.71. The number of carbonyl (C=O) groups is 2. The number of Topliss-reactive ketones (excluding diaryl/α,β-unsaturated/α-hetero) is 1. The second-order valence-electron chi connectivity index (χ2n) is 5.66. The number of ketones is 1. The van der Waals surface area contributed by atoms with Gasteiger partial charge in [0.1, 0.15) is 11.3 Å². The molecule has 4 nitrogen and oxygen atoms in total. The minimum absolute atomic E-state index is 0.00317. The summed E-state index contributed by atoms with van der Waals surface area (Å²) in [6, 6.07) is 2.68. The number of rotatable bonds is 2. The van der Waals surface area contributed by atoms with Crippen molar-refractivity contribution in [3.8, 4) is 0 Å². The molecule has 0 aliphatic heterocycles. The molecule has 0 aromatic heterocycles. The van der Waals surface area contributed by atoms with Crippen LogP contribution < -0.4 is 0 Å². The average Bonchev–Trinajstić information content (AvgIpc) is 2.44. The SMILES string of the molecule is CCOC(=O)C1=C(O)c2ccc(C(F)(F)F)cc2C(C)(C)C1=O. The Hall–Kier alpha value is -2.31. The van der Waals surface area contributed by atoms with Gasteiger partial charge in [0.2, 0.25) is 0 Å². The van der Waals surface area contributed by atoms with Gasteiger partial charge >= 0.3 is 12.1 Å². The summed E-state index contributed by atoms with van der Waals surface area (Å²) in [6.07, 6.45) is -4.57. The predicted molar refractivity (Wildman–Crippen MR) is 75.7 cm³/mol. The van der Waals surface area contributed by atoms with Crippen LogP contribution >= 0.6 is 0 Å². The Morgan fingerprint density at radius 3 is 2.43 bits per heavy atom. The first-order valence-corrected chi connectivity index (χ1v) is 6.89. The summed E-state index contributed by atoms with van der Waals surface area (Å²) < 4.78 is 43.4. The number of alkyl halides is 3. The molecule has 1 aliphatic carbocycles. The fourth-order valence-electron chi connectivity index (χ4n) is 2.51. The summed E-state index contributed by atoms with van der Waals surface area (Å²) in [5, 5.41) is 10.2. The van der Waals surface area contributed by atoms with Gasteiger partial charge in [-0.05, 0) is 38.5 Å². The Labute approximate surface area is 130 Å². The summed E-state index contributed by atoms with van der Waals surface area (Å²) in [5.41, 5.74) is -2.83. The second kappa shape index (κ2) is 5.40. The fourth-order valence-corrected chi connectivity index (χ4v) is 2.51. The maximum absolute atomic E-state index is 12.9. The van der Waals surface area contributed by atoms with Crippen molar-refractivity contribution in [1.29, 1.82) is 0 Å². The summed E-state index contributed by atoms with van der Waals surface area (Å²) in [6.45, 7) is 4.35. The van der Waals surface area contributed by atoms with Crippen LogP contribution in [0, 0.1) is 0 Å². The van der Waals surface area contributed by atoms with Gasteiger partial charge in [-0.1, -0.05) is 6.07 Å². The van der Waals surface area contributed by atoms with Crippen LogP contribution in [0.1, 0.15) is 37.5 Å². The summed E-state index contributed by atoms with van der Waals surface area (Å²) in [4.78, 5) is 24.4. The fraction of sp³-hybridized carbons (Fsp3) is 0.375. The number of aliphatic hydroxyl groups is 1. The highest BCUT2D eigenvalue weighted by Crippen LogP contribution is 2.42. The molecule has 0 amide bonds. The van der Waals surface area contributed by atoms with E-state index < -0.39 is 40.2 Å². The topological polar surface area (TPSA) is 63.6 Å². The molecule has 0 fully saturated rings. The van der Waals surface area contributed by atoms with Crippen LogP contribution in [0.2, 0.25) is 0 Å². The van der Waals surface area contributed by atoms with E-state index >= 15 is 0 Å². The van der Waals surface area contributed by atoms with Crippen molar-refractivity contribution in [2.24, 2.45) is 0 Å². The third-order valence-electron chi connectivity index (χ3n) is 3.79. The number of carbonyl (C=O) groups excluding carboxylic acids is 2. The van der Waals surface area contributed by atoms with Crippen molar-refractivity contribution < 1.29 is 32.6 Å². The van der Waals surface area contributed by atoms with Crippen LogP contribution in [0.4, 0.5) is 13.2 Å². The van der Waals surface area contributed by atoms with Crippen molar-refractivity contribution in [3.63, 3.8) is 0 Å². The molecule has 1 aromatic rings. The third-order valence-corrected chi connectivity index (χ3v) is 3.79. The van der Waals surface area contributed by atoms with Crippen molar-refractivity contribution in [1.82, 2.24) is 0 Å². The molecule has 0 saturated carbocycles. The Morgan fingerprint density at radius 1 is 1.30 bits per heavy atom. The molecule has 0 bridgehead atoms. The Bertz CT molecular complexity index is 715. The number of hydrogen-bond donors (Lipinski definition) is 1. The van der Waals surface area contributed by atoms with Gasteiger partial charge in [0, 0.05) is 5.56 Å². The van der Waals surface area contributed by atoms with E-state index in [0.717, 1.165) is 18.2 Å². The first-order chi connectivity index (χ1) is 10.5. The van der Waals surface area contributed by atoms with Gasteiger partial charge in [-0.25, -0.2) is 4.79 Å². The molecule has 2 rings (SSSR count). The van der Waals surface area contributed by atoms with Gasteiger partial charge in [-0.3, -0.25) is 4.79 Å². The summed E-state index contributed by atoms with van der Waals surface area (Å²) >= 11 is 0. The van der Waals surface area contributed by atoms with Crippen LogP contribution in [0.5, 0.6) is 0 Å². The Morgan fingerprint density at radius 2 is 1.91 bits per heavy atom. The van der Waals surface area contributed by atoms with Crippen LogP contribution in [-0.2, 0) is 25.9 Å². The van der Waals surface area contributed by atoms with Crippen molar-refractivity contribution in [3.05, 3.63) is 40.5 Å². The van der Waals surface area contributed by atoms with Crippen LogP contribution in [0.15, 0.2) is 23.8 Å². The molecule has 23 heavy (non-hydrogen) atoms. The monoisotopic (exact) mass is 328 g/mol. The molecule has 0 spiro atoms. The number of benzene rings is 1. The molecule has 1 aliphatic rings. The zero-order valence-electron chi connectivity index (χ0n) is 12.7. The quantitative estimate of drug-likeness (QED) is 0.667. The van der Waals surface area contributed by atoms with Gasteiger partial charge in [0.25, 0.3) is 0 Å². The Kier molecular flexibility index (Phi) is 4.00. The van der Waals surface area contributed by atoms with E-state index in [2.05, 4.69) is 0 Å². The zero-order valence-corrected chi connectivity index (χ0v) is 12.7. The molecular weight excluding hydrogens is 313 g/mol. The minimum atomic E-state index is -4.57. The van der Waals surface area contributed by atoms with Gasteiger partial charge in [0.05, 0.1) is 17.6 Å². The number of aliphatic hydroxyl groups excluding tert-OH is 1. The van der Waals surface area contributed by atoms with Crippen LogP contribution in [-0.4, -0.2) is 23.5 Å². The van der Waals surface area contributed by atoms with Gasteiger partial charge in [-0.15, -0.1) is 0 Å². The summed E-state index contributed by atoms with van der Waals surface area (Å²) in [5.74, 6) is -2.43. The average molecular weight is 328 g/mol. The van der Waals surface area contributed by atoms with E-state index in [4.69, 9.17) is 4.74 Å². The standard InChI is InChI=1S/C16H15F3O4/c1-4-23-14(22)11-12(20)9-6-5-8(16(17,18)19)7-10(9)15(2,3)13(11)21/h5-7,20H,4H2,1-3H3. The predicted octanol–water partition coefficient (Wildman–Crippen LogP) is 3.40. The molecule has 1 aromatic carbocycles. The van der Waals surface area contributed by atoms with Crippen molar-refractivity contribution in [2.75, 3.05) is 6.61 Å². The van der Waals surface area contributed by atoms with E-state index in [1.165, 1.54) is 20.8 Å².